The molecule has 6 nitrogen and oxygen atoms in total. The minimum atomic E-state index is -0.0167. The number of pyridine rings is 1. The van der Waals surface area contributed by atoms with Gasteiger partial charge in [0.1, 0.15) is 23.0 Å². The Hall–Kier alpha value is -3.29. The van der Waals surface area contributed by atoms with Crippen LogP contribution in [-0.4, -0.2) is 34.6 Å². The van der Waals surface area contributed by atoms with Crippen LogP contribution in [0, 0.1) is 22.7 Å². The number of aromatic nitrogens is 1. The fourth-order valence-electron chi connectivity index (χ4n) is 2.82. The average molecular weight is 375 g/mol. The molecule has 1 aliphatic rings. The van der Waals surface area contributed by atoms with Crippen LogP contribution in [0.1, 0.15) is 23.1 Å². The van der Waals surface area contributed by atoms with Gasteiger partial charge < -0.3 is 10.6 Å². The van der Waals surface area contributed by atoms with Crippen molar-refractivity contribution in [2.24, 2.45) is 0 Å². The molecule has 0 aliphatic carbocycles. The maximum Gasteiger partial charge on any atom is 0.233 e. The lowest BCUT2D eigenvalue weighted by atomic mass is 10.00. The molecular weight excluding hydrogens is 358 g/mol. The van der Waals surface area contributed by atoms with Crippen LogP contribution in [0.4, 0.5) is 5.82 Å². The van der Waals surface area contributed by atoms with Crippen molar-refractivity contribution < 1.29 is 4.79 Å². The van der Waals surface area contributed by atoms with Gasteiger partial charge in [0, 0.05) is 13.1 Å². The Labute approximate surface area is 161 Å². The summed E-state index contributed by atoms with van der Waals surface area (Å²) in [6.45, 7) is 1.23. The highest BCUT2D eigenvalue weighted by Gasteiger charge is 2.19. The van der Waals surface area contributed by atoms with Crippen molar-refractivity contribution in [2.45, 2.75) is 11.4 Å². The second kappa shape index (κ2) is 8.39. The van der Waals surface area contributed by atoms with Gasteiger partial charge in [0.25, 0.3) is 0 Å². The number of carbonyl (C=O) groups is 1. The molecule has 1 aromatic carbocycles. The highest BCUT2D eigenvalue weighted by atomic mass is 32.2. The first-order valence-corrected chi connectivity index (χ1v) is 9.36. The largest absolute Gasteiger partial charge is 0.383 e. The predicted octanol–water partition coefficient (Wildman–Crippen LogP) is 2.82. The van der Waals surface area contributed by atoms with E-state index in [1.165, 1.54) is 29.0 Å². The van der Waals surface area contributed by atoms with E-state index in [4.69, 9.17) is 11.0 Å². The fourth-order valence-corrected chi connectivity index (χ4v) is 3.69. The number of nitrogens with two attached hydrogens (primary N) is 1. The SMILES string of the molecule is N#Cc1cc(C#N)c(SCC(=O)N2CC=C(c3ccccc3)CC2)nc1N. The van der Waals surface area contributed by atoms with Crippen molar-refractivity contribution in [1.29, 1.82) is 10.5 Å². The van der Waals surface area contributed by atoms with Gasteiger partial charge in [-0.3, -0.25) is 4.79 Å². The molecule has 0 atom stereocenters. The number of nitrogens with zero attached hydrogens (tertiary/aromatic N) is 4. The number of amides is 1. The minimum absolute atomic E-state index is 0.0167. The lowest BCUT2D eigenvalue weighted by molar-refractivity contribution is -0.127. The zero-order valence-corrected chi connectivity index (χ0v) is 15.4. The fraction of sp³-hybridized carbons (Fsp3) is 0.200. The van der Waals surface area contributed by atoms with Gasteiger partial charge in [0.2, 0.25) is 5.91 Å². The van der Waals surface area contributed by atoms with E-state index < -0.39 is 0 Å². The normalized spacial score (nSPS) is 13.4. The molecule has 2 heterocycles. The van der Waals surface area contributed by atoms with Gasteiger partial charge in [-0.05, 0) is 23.6 Å². The van der Waals surface area contributed by atoms with Gasteiger partial charge in [0.15, 0.2) is 0 Å². The van der Waals surface area contributed by atoms with Crippen molar-refractivity contribution in [2.75, 3.05) is 24.6 Å². The van der Waals surface area contributed by atoms with Crippen molar-refractivity contribution in [3.8, 4) is 12.1 Å². The van der Waals surface area contributed by atoms with E-state index in [9.17, 15) is 10.1 Å². The van der Waals surface area contributed by atoms with E-state index in [1.54, 1.807) is 4.90 Å². The molecule has 1 aliphatic heterocycles. The summed E-state index contributed by atoms with van der Waals surface area (Å²) in [5, 5.41) is 18.6. The molecule has 2 aromatic rings. The Kier molecular flexibility index (Phi) is 5.75. The van der Waals surface area contributed by atoms with E-state index in [2.05, 4.69) is 23.2 Å². The van der Waals surface area contributed by atoms with Crippen LogP contribution < -0.4 is 5.73 Å². The number of nitrogen functional groups attached to an aromatic ring is 1. The second-order valence-electron chi connectivity index (χ2n) is 5.97. The lowest BCUT2D eigenvalue weighted by Crippen LogP contribution is -2.35. The Morgan fingerprint density at radius 2 is 1.96 bits per heavy atom. The molecule has 0 radical (unpaired) electrons. The summed E-state index contributed by atoms with van der Waals surface area (Å²) in [6.07, 6.45) is 2.89. The Morgan fingerprint density at radius 3 is 2.59 bits per heavy atom. The third kappa shape index (κ3) is 4.28. The van der Waals surface area contributed by atoms with Gasteiger partial charge >= 0.3 is 0 Å². The molecular formula is C20H17N5OS. The highest BCUT2D eigenvalue weighted by molar-refractivity contribution is 8.00. The van der Waals surface area contributed by atoms with Crippen LogP contribution in [-0.2, 0) is 4.79 Å². The molecule has 27 heavy (non-hydrogen) atoms. The molecule has 0 fully saturated rings. The zero-order valence-electron chi connectivity index (χ0n) is 14.6. The second-order valence-corrected chi connectivity index (χ2v) is 6.94. The topological polar surface area (TPSA) is 107 Å². The summed E-state index contributed by atoms with van der Waals surface area (Å²) in [5.74, 6) is 0.221. The number of nitriles is 2. The molecule has 0 saturated carbocycles. The summed E-state index contributed by atoms with van der Waals surface area (Å²) in [7, 11) is 0. The van der Waals surface area contributed by atoms with E-state index in [0.717, 1.165) is 6.42 Å². The minimum Gasteiger partial charge on any atom is -0.383 e. The molecule has 3 rings (SSSR count). The molecule has 1 amide bonds. The van der Waals surface area contributed by atoms with Gasteiger partial charge in [-0.25, -0.2) is 4.98 Å². The van der Waals surface area contributed by atoms with Crippen LogP contribution in [0.25, 0.3) is 5.57 Å². The number of rotatable bonds is 4. The van der Waals surface area contributed by atoms with Gasteiger partial charge in [-0.2, -0.15) is 10.5 Å². The molecule has 134 valence electrons. The molecule has 0 bridgehead atoms. The molecule has 1 aromatic heterocycles. The Bertz CT molecular complexity index is 972. The number of thioether (sulfide) groups is 1. The third-order valence-corrected chi connectivity index (χ3v) is 5.27. The monoisotopic (exact) mass is 375 g/mol. The van der Waals surface area contributed by atoms with Gasteiger partial charge in [-0.1, -0.05) is 48.2 Å². The maximum atomic E-state index is 12.5. The molecule has 0 unspecified atom stereocenters. The smallest absolute Gasteiger partial charge is 0.233 e. The van der Waals surface area contributed by atoms with Crippen molar-refractivity contribution >= 4 is 29.1 Å². The number of benzene rings is 1. The first-order valence-electron chi connectivity index (χ1n) is 8.38. The van der Waals surface area contributed by atoms with Crippen LogP contribution >= 0.6 is 11.8 Å². The number of carbonyl (C=O) groups excluding carboxylic acids is 1. The predicted molar refractivity (Wildman–Crippen MR) is 104 cm³/mol. The van der Waals surface area contributed by atoms with Crippen molar-refractivity contribution in [3.63, 3.8) is 0 Å². The number of anilines is 1. The number of hydrogen-bond donors (Lipinski definition) is 1. The summed E-state index contributed by atoms with van der Waals surface area (Å²) >= 11 is 1.17. The quantitative estimate of drug-likeness (QED) is 0.824. The van der Waals surface area contributed by atoms with Crippen LogP contribution in [0.15, 0.2) is 47.5 Å². The average Bonchev–Trinajstić information content (AvgIpc) is 2.72. The maximum absolute atomic E-state index is 12.5. The van der Waals surface area contributed by atoms with Crippen LogP contribution in [0.5, 0.6) is 0 Å². The molecule has 2 N–H and O–H groups in total. The Balaban J connectivity index is 1.63. The first-order chi connectivity index (χ1) is 13.1. The highest BCUT2D eigenvalue weighted by Crippen LogP contribution is 2.26. The molecule has 0 saturated heterocycles. The molecule has 0 spiro atoms. The van der Waals surface area contributed by atoms with E-state index >= 15 is 0 Å². The summed E-state index contributed by atoms with van der Waals surface area (Å²) in [6, 6.07) is 15.5. The third-order valence-electron chi connectivity index (χ3n) is 4.30. The van der Waals surface area contributed by atoms with Gasteiger partial charge in [-0.15, -0.1) is 0 Å². The summed E-state index contributed by atoms with van der Waals surface area (Å²) in [4.78, 5) is 18.4. The van der Waals surface area contributed by atoms with E-state index in [-0.39, 0.29) is 28.6 Å². The van der Waals surface area contributed by atoms with E-state index in [0.29, 0.717) is 18.1 Å². The van der Waals surface area contributed by atoms with Crippen LogP contribution in [0.2, 0.25) is 0 Å². The summed E-state index contributed by atoms with van der Waals surface area (Å²) in [5.41, 5.74) is 8.57. The van der Waals surface area contributed by atoms with Crippen molar-refractivity contribution in [3.05, 3.63) is 59.2 Å². The summed E-state index contributed by atoms with van der Waals surface area (Å²) < 4.78 is 0. The number of hydrogen-bond acceptors (Lipinski definition) is 6. The lowest BCUT2D eigenvalue weighted by Gasteiger charge is -2.26. The van der Waals surface area contributed by atoms with Crippen LogP contribution in [0.3, 0.4) is 0 Å². The first kappa shape index (κ1) is 18.5. The van der Waals surface area contributed by atoms with E-state index in [1.807, 2.05) is 30.3 Å². The van der Waals surface area contributed by atoms with Crippen molar-refractivity contribution in [1.82, 2.24) is 9.88 Å². The van der Waals surface area contributed by atoms with Gasteiger partial charge in [0.05, 0.1) is 16.9 Å². The standard InChI is InChI=1S/C20H17N5OS/c21-11-16-10-17(12-22)20(24-19(16)23)27-13-18(26)25-8-6-15(7-9-25)14-4-2-1-3-5-14/h1-6,10H,7-9,13H2,(H2,23,24). The Morgan fingerprint density at radius 1 is 1.22 bits per heavy atom. The zero-order chi connectivity index (χ0) is 19.2. The molecule has 7 heteroatoms.